The Labute approximate surface area is 118 Å². The van der Waals surface area contributed by atoms with Gasteiger partial charge in [-0.15, -0.1) is 0 Å². The van der Waals surface area contributed by atoms with Gasteiger partial charge in [0.05, 0.1) is 0 Å². The smallest absolute Gasteiger partial charge is 0.0351 e. The Bertz CT molecular complexity index is 381. The first-order valence-electron chi connectivity index (χ1n) is 7.68. The topological polar surface area (TPSA) is 15.3 Å². The molecule has 0 aromatic heterocycles. The maximum atomic E-state index is 3.46. The number of hydrogen-bond acceptors (Lipinski definition) is 2. The van der Waals surface area contributed by atoms with Crippen LogP contribution < -0.4 is 5.32 Å². The molecule has 2 heteroatoms. The van der Waals surface area contributed by atoms with Crippen molar-refractivity contribution in [3.63, 3.8) is 0 Å². The minimum absolute atomic E-state index is 0.602. The van der Waals surface area contributed by atoms with E-state index in [9.17, 15) is 0 Å². The van der Waals surface area contributed by atoms with Crippen LogP contribution in [0.3, 0.4) is 0 Å². The molecule has 0 saturated carbocycles. The average Bonchev–Trinajstić information content (AvgIpc) is 2.42. The highest BCUT2D eigenvalue weighted by atomic mass is 15.2. The summed E-state index contributed by atoms with van der Waals surface area (Å²) in [6, 6.07) is 9.51. The Morgan fingerprint density at radius 1 is 1.11 bits per heavy atom. The third-order valence-electron chi connectivity index (χ3n) is 4.16. The first kappa shape index (κ1) is 14.5. The van der Waals surface area contributed by atoms with E-state index in [4.69, 9.17) is 0 Å². The number of nitrogens with zero attached hydrogens (tertiary/aromatic N) is 1. The van der Waals surface area contributed by atoms with E-state index < -0.39 is 0 Å². The minimum atomic E-state index is 0.602. The van der Waals surface area contributed by atoms with Crippen LogP contribution in [0.5, 0.6) is 0 Å². The molecule has 2 rings (SSSR count). The summed E-state index contributed by atoms with van der Waals surface area (Å²) in [6.45, 7) is 11.5. The number of hydrogen-bond donors (Lipinski definition) is 1. The maximum absolute atomic E-state index is 3.46. The monoisotopic (exact) mass is 260 g/mol. The largest absolute Gasteiger partial charge is 0.314 e. The fraction of sp³-hybridized carbons (Fsp3) is 0.647. The van der Waals surface area contributed by atoms with Gasteiger partial charge in [-0.1, -0.05) is 38.1 Å². The molecule has 1 N–H and O–H groups in total. The van der Waals surface area contributed by atoms with E-state index in [0.717, 1.165) is 19.0 Å². The second-order valence-electron chi connectivity index (χ2n) is 6.13. The van der Waals surface area contributed by atoms with Gasteiger partial charge in [-0.05, 0) is 36.8 Å². The summed E-state index contributed by atoms with van der Waals surface area (Å²) < 4.78 is 0. The number of rotatable bonds is 5. The Balaban J connectivity index is 2.15. The molecule has 1 aromatic carbocycles. The molecular weight excluding hydrogens is 232 g/mol. The molecular formula is C17H28N2. The molecule has 1 fully saturated rings. The lowest BCUT2D eigenvalue weighted by Gasteiger charge is -2.36. The number of benzene rings is 1. The molecule has 0 aliphatic carbocycles. The third-order valence-corrected chi connectivity index (χ3v) is 4.16. The summed E-state index contributed by atoms with van der Waals surface area (Å²) in [5, 5.41) is 3.46. The molecule has 106 valence electrons. The van der Waals surface area contributed by atoms with Gasteiger partial charge in [0.15, 0.2) is 0 Å². The van der Waals surface area contributed by atoms with Crippen molar-refractivity contribution in [2.45, 2.75) is 39.7 Å². The van der Waals surface area contributed by atoms with Gasteiger partial charge in [0.1, 0.15) is 0 Å². The fourth-order valence-electron chi connectivity index (χ4n) is 2.98. The third kappa shape index (κ3) is 4.05. The second-order valence-corrected chi connectivity index (χ2v) is 6.13. The van der Waals surface area contributed by atoms with E-state index in [-0.39, 0.29) is 0 Å². The van der Waals surface area contributed by atoms with E-state index in [0.29, 0.717) is 6.04 Å². The van der Waals surface area contributed by atoms with Crippen LogP contribution in [-0.2, 0) is 0 Å². The lowest BCUT2D eigenvalue weighted by Crippen LogP contribution is -2.45. The van der Waals surface area contributed by atoms with Crippen LogP contribution in [0.4, 0.5) is 0 Å². The predicted molar refractivity (Wildman–Crippen MR) is 82.4 cm³/mol. The summed E-state index contributed by atoms with van der Waals surface area (Å²) in [6.07, 6.45) is 2.59. The lowest BCUT2D eigenvalue weighted by molar-refractivity contribution is 0.159. The maximum Gasteiger partial charge on any atom is 0.0351 e. The van der Waals surface area contributed by atoms with Gasteiger partial charge < -0.3 is 5.32 Å². The van der Waals surface area contributed by atoms with Gasteiger partial charge in [0.2, 0.25) is 0 Å². The van der Waals surface area contributed by atoms with Crippen LogP contribution in [-0.4, -0.2) is 31.1 Å². The van der Waals surface area contributed by atoms with Gasteiger partial charge in [-0.2, -0.15) is 0 Å². The Morgan fingerprint density at radius 3 is 2.42 bits per heavy atom. The number of aryl methyl sites for hydroxylation is 1. The molecule has 1 aliphatic heterocycles. The molecule has 0 spiro atoms. The van der Waals surface area contributed by atoms with Crippen molar-refractivity contribution >= 4 is 0 Å². The van der Waals surface area contributed by atoms with Gasteiger partial charge in [-0.3, -0.25) is 4.90 Å². The zero-order valence-electron chi connectivity index (χ0n) is 12.7. The number of piperazine rings is 1. The lowest BCUT2D eigenvalue weighted by atomic mass is 9.93. The molecule has 1 saturated heterocycles. The predicted octanol–water partition coefficient (Wildman–Crippen LogP) is 3.38. The van der Waals surface area contributed by atoms with Gasteiger partial charge in [-0.25, -0.2) is 0 Å². The quantitative estimate of drug-likeness (QED) is 0.873. The highest BCUT2D eigenvalue weighted by molar-refractivity contribution is 5.29. The molecule has 0 unspecified atom stereocenters. The number of nitrogens with one attached hydrogen (secondary N) is 1. The van der Waals surface area contributed by atoms with Crippen molar-refractivity contribution < 1.29 is 0 Å². The van der Waals surface area contributed by atoms with Crippen molar-refractivity contribution in [3.05, 3.63) is 35.4 Å². The summed E-state index contributed by atoms with van der Waals surface area (Å²) in [4.78, 5) is 2.67. The van der Waals surface area contributed by atoms with Crippen molar-refractivity contribution in [2.75, 3.05) is 26.2 Å². The van der Waals surface area contributed by atoms with E-state index in [2.05, 4.69) is 55.3 Å². The molecule has 0 amide bonds. The van der Waals surface area contributed by atoms with Crippen molar-refractivity contribution in [1.29, 1.82) is 0 Å². The minimum Gasteiger partial charge on any atom is -0.314 e. The van der Waals surface area contributed by atoms with E-state index in [1.54, 1.807) is 0 Å². The molecule has 1 atom stereocenters. The highest BCUT2D eigenvalue weighted by Crippen LogP contribution is 2.29. The average molecular weight is 260 g/mol. The summed E-state index contributed by atoms with van der Waals surface area (Å²) >= 11 is 0. The van der Waals surface area contributed by atoms with Crippen molar-refractivity contribution in [3.8, 4) is 0 Å². The standard InChI is InChI=1S/C17H28N2/c1-14(2)8-9-17(19-12-10-18-11-13-19)16-7-5-4-6-15(16)3/h4-7,14,17-18H,8-13H2,1-3H3/t17-/m1/s1. The molecule has 1 heterocycles. The normalized spacial score (nSPS) is 18.7. The summed E-state index contributed by atoms with van der Waals surface area (Å²) in [5.41, 5.74) is 2.97. The van der Waals surface area contributed by atoms with E-state index in [1.165, 1.54) is 37.1 Å². The highest BCUT2D eigenvalue weighted by Gasteiger charge is 2.23. The van der Waals surface area contributed by atoms with Gasteiger partial charge in [0, 0.05) is 32.2 Å². The van der Waals surface area contributed by atoms with E-state index in [1.807, 2.05) is 0 Å². The van der Waals surface area contributed by atoms with Crippen LogP contribution >= 0.6 is 0 Å². The Morgan fingerprint density at radius 2 is 1.79 bits per heavy atom. The summed E-state index contributed by atoms with van der Waals surface area (Å²) in [5.74, 6) is 0.787. The van der Waals surface area contributed by atoms with Crippen LogP contribution in [0.25, 0.3) is 0 Å². The Kier molecular flexibility index (Phi) is 5.41. The SMILES string of the molecule is Cc1ccccc1[C@@H](CCC(C)C)N1CCNCC1. The van der Waals surface area contributed by atoms with Crippen molar-refractivity contribution in [2.24, 2.45) is 5.92 Å². The van der Waals surface area contributed by atoms with Gasteiger partial charge >= 0.3 is 0 Å². The first-order chi connectivity index (χ1) is 9.18. The van der Waals surface area contributed by atoms with Crippen LogP contribution in [0, 0.1) is 12.8 Å². The van der Waals surface area contributed by atoms with Gasteiger partial charge in [0.25, 0.3) is 0 Å². The molecule has 2 nitrogen and oxygen atoms in total. The molecule has 0 bridgehead atoms. The second kappa shape index (κ2) is 7.06. The molecule has 19 heavy (non-hydrogen) atoms. The molecule has 0 radical (unpaired) electrons. The van der Waals surface area contributed by atoms with Crippen LogP contribution in [0.1, 0.15) is 43.9 Å². The van der Waals surface area contributed by atoms with Crippen LogP contribution in [0.15, 0.2) is 24.3 Å². The molecule has 1 aliphatic rings. The van der Waals surface area contributed by atoms with E-state index >= 15 is 0 Å². The van der Waals surface area contributed by atoms with Crippen molar-refractivity contribution in [1.82, 2.24) is 10.2 Å². The Hall–Kier alpha value is -0.860. The zero-order valence-corrected chi connectivity index (χ0v) is 12.7. The summed E-state index contributed by atoms with van der Waals surface area (Å²) in [7, 11) is 0. The fourth-order valence-corrected chi connectivity index (χ4v) is 2.98. The first-order valence-corrected chi connectivity index (χ1v) is 7.68. The molecule has 1 aromatic rings. The zero-order chi connectivity index (χ0) is 13.7. The van der Waals surface area contributed by atoms with Crippen LogP contribution in [0.2, 0.25) is 0 Å².